The van der Waals surface area contributed by atoms with Crippen molar-refractivity contribution in [2.75, 3.05) is 13.7 Å². The minimum absolute atomic E-state index is 0.125. The molecule has 6 rings (SSSR count). The highest BCUT2D eigenvalue weighted by Gasteiger charge is 2.63. The lowest BCUT2D eigenvalue weighted by Crippen LogP contribution is -2.60. The van der Waals surface area contributed by atoms with Gasteiger partial charge < -0.3 is 14.8 Å². The van der Waals surface area contributed by atoms with E-state index >= 15 is 0 Å². The average Bonchev–Trinajstić information content (AvgIpc) is 2.89. The quantitative estimate of drug-likeness (QED) is 0.402. The summed E-state index contributed by atoms with van der Waals surface area (Å²) in [6.45, 7) is 0.819. The molecule has 6 nitrogen and oxygen atoms in total. The molecule has 4 aliphatic rings. The van der Waals surface area contributed by atoms with Gasteiger partial charge in [-0.2, -0.15) is 0 Å². The number of aryl methyl sites for hydroxylation is 1. The maximum Gasteiger partial charge on any atom is 0.337 e. The van der Waals surface area contributed by atoms with Gasteiger partial charge in [0.05, 0.1) is 23.5 Å². The van der Waals surface area contributed by atoms with Gasteiger partial charge in [0.1, 0.15) is 6.61 Å². The van der Waals surface area contributed by atoms with Crippen LogP contribution in [0.3, 0.4) is 0 Å². The molecule has 2 atom stereocenters. The van der Waals surface area contributed by atoms with E-state index in [1.165, 1.54) is 12.7 Å². The monoisotopic (exact) mass is 489 g/mol. The molecule has 0 spiro atoms. The molecule has 2 unspecified atom stereocenters. The maximum absolute atomic E-state index is 13.5. The third-order valence-electron chi connectivity index (χ3n) is 8.49. The van der Waals surface area contributed by atoms with Gasteiger partial charge in [-0.15, -0.1) is 0 Å². The largest absolute Gasteiger partial charge is 0.465 e. The highest BCUT2D eigenvalue weighted by molar-refractivity contribution is 5.89. The molecule has 2 aromatic rings. The molecule has 190 valence electrons. The standard InChI is InChI=1S/C30H35NO5/c1-35-26(32)25-11-9-22(10-12-25)19-36-28(34)30-17-23-14-24(18-30)16-29(15-23,20-30)27(33)31-13-5-8-21-6-3-2-4-7-21/h2-4,6-7,9-12,23-24H,5,8,13-20H2,1H3,(H,31,33). The van der Waals surface area contributed by atoms with Gasteiger partial charge in [0.15, 0.2) is 0 Å². The first-order chi connectivity index (χ1) is 17.4. The van der Waals surface area contributed by atoms with E-state index in [-0.39, 0.29) is 18.5 Å². The van der Waals surface area contributed by atoms with Gasteiger partial charge in [0.25, 0.3) is 0 Å². The molecule has 0 aromatic heterocycles. The number of esters is 2. The van der Waals surface area contributed by atoms with Crippen LogP contribution >= 0.6 is 0 Å². The van der Waals surface area contributed by atoms with Crippen LogP contribution in [0.1, 0.15) is 66.4 Å². The van der Waals surface area contributed by atoms with Crippen molar-refractivity contribution in [2.45, 2.75) is 58.0 Å². The lowest BCUT2D eigenvalue weighted by Gasteiger charge is -2.59. The van der Waals surface area contributed by atoms with Gasteiger partial charge >= 0.3 is 11.9 Å². The van der Waals surface area contributed by atoms with E-state index in [0.29, 0.717) is 30.4 Å². The molecule has 0 radical (unpaired) electrons. The van der Waals surface area contributed by atoms with Crippen LogP contribution in [0.4, 0.5) is 0 Å². The van der Waals surface area contributed by atoms with Gasteiger partial charge in [-0.1, -0.05) is 42.5 Å². The predicted molar refractivity (Wildman–Crippen MR) is 135 cm³/mol. The summed E-state index contributed by atoms with van der Waals surface area (Å²) in [5.74, 6) is 0.382. The Bertz CT molecular complexity index is 1100. The minimum Gasteiger partial charge on any atom is -0.465 e. The second-order valence-corrected chi connectivity index (χ2v) is 11.1. The van der Waals surface area contributed by atoms with Crippen molar-refractivity contribution >= 4 is 17.8 Å². The molecule has 0 saturated heterocycles. The van der Waals surface area contributed by atoms with Crippen LogP contribution in [-0.4, -0.2) is 31.5 Å². The van der Waals surface area contributed by atoms with E-state index in [9.17, 15) is 14.4 Å². The highest BCUT2D eigenvalue weighted by Crippen LogP contribution is 2.65. The van der Waals surface area contributed by atoms with Crippen molar-refractivity contribution in [1.82, 2.24) is 5.32 Å². The lowest BCUT2D eigenvalue weighted by molar-refractivity contribution is -0.185. The molecule has 1 N–H and O–H groups in total. The molecule has 4 aliphatic carbocycles. The number of carbonyl (C=O) groups is 3. The smallest absolute Gasteiger partial charge is 0.337 e. The Hall–Kier alpha value is -3.15. The van der Waals surface area contributed by atoms with Crippen LogP contribution in [0.2, 0.25) is 0 Å². The number of hydrogen-bond donors (Lipinski definition) is 1. The Morgan fingerprint density at radius 2 is 1.56 bits per heavy atom. The van der Waals surface area contributed by atoms with Crippen molar-refractivity contribution in [3.63, 3.8) is 0 Å². The third kappa shape index (κ3) is 4.91. The van der Waals surface area contributed by atoms with Gasteiger partial charge in [-0.05, 0) is 86.5 Å². The number of benzene rings is 2. The molecule has 4 fully saturated rings. The first kappa shape index (κ1) is 24.5. The van der Waals surface area contributed by atoms with Crippen LogP contribution in [-0.2, 0) is 32.1 Å². The molecular weight excluding hydrogens is 454 g/mol. The zero-order valence-corrected chi connectivity index (χ0v) is 21.0. The number of nitrogens with one attached hydrogen (secondary N) is 1. The van der Waals surface area contributed by atoms with Crippen molar-refractivity contribution in [3.8, 4) is 0 Å². The molecule has 1 amide bonds. The molecule has 0 aliphatic heterocycles. The summed E-state index contributed by atoms with van der Waals surface area (Å²) >= 11 is 0. The molecule has 0 heterocycles. The van der Waals surface area contributed by atoms with E-state index < -0.39 is 16.8 Å². The van der Waals surface area contributed by atoms with Gasteiger partial charge in [0, 0.05) is 6.54 Å². The first-order valence-electron chi connectivity index (χ1n) is 13.1. The zero-order valence-electron chi connectivity index (χ0n) is 21.0. The third-order valence-corrected chi connectivity index (χ3v) is 8.49. The number of carbonyl (C=O) groups excluding carboxylic acids is 3. The van der Waals surface area contributed by atoms with Crippen molar-refractivity contribution in [2.24, 2.45) is 22.7 Å². The summed E-state index contributed by atoms with van der Waals surface area (Å²) < 4.78 is 10.6. The first-order valence-corrected chi connectivity index (χ1v) is 13.1. The predicted octanol–water partition coefficient (Wildman–Crippen LogP) is 4.85. The van der Waals surface area contributed by atoms with Crippen LogP contribution in [0.15, 0.2) is 54.6 Å². The molecular formula is C30H35NO5. The summed E-state index contributed by atoms with van der Waals surface area (Å²) in [5, 5.41) is 3.21. The fourth-order valence-electron chi connectivity index (χ4n) is 7.25. The van der Waals surface area contributed by atoms with Crippen LogP contribution < -0.4 is 5.32 Å². The molecule has 36 heavy (non-hydrogen) atoms. The van der Waals surface area contributed by atoms with Crippen LogP contribution in [0.5, 0.6) is 0 Å². The van der Waals surface area contributed by atoms with Crippen LogP contribution in [0, 0.1) is 22.7 Å². The van der Waals surface area contributed by atoms with E-state index in [1.54, 1.807) is 24.3 Å². The summed E-state index contributed by atoms with van der Waals surface area (Å²) in [7, 11) is 1.35. The summed E-state index contributed by atoms with van der Waals surface area (Å²) in [6.07, 6.45) is 6.98. The zero-order chi connectivity index (χ0) is 25.2. The highest BCUT2D eigenvalue weighted by atomic mass is 16.5. The summed E-state index contributed by atoms with van der Waals surface area (Å²) in [4.78, 5) is 38.6. The van der Waals surface area contributed by atoms with Crippen LogP contribution in [0.25, 0.3) is 0 Å². The second-order valence-electron chi connectivity index (χ2n) is 11.1. The molecule has 4 bridgehead atoms. The molecule has 6 heteroatoms. The number of ether oxygens (including phenoxy) is 2. The summed E-state index contributed by atoms with van der Waals surface area (Å²) in [6, 6.07) is 17.2. The second kappa shape index (κ2) is 10.1. The summed E-state index contributed by atoms with van der Waals surface area (Å²) in [5.41, 5.74) is 1.57. The Balaban J connectivity index is 1.19. The Labute approximate surface area is 212 Å². The maximum atomic E-state index is 13.5. The van der Waals surface area contributed by atoms with Gasteiger partial charge in [0.2, 0.25) is 5.91 Å². The average molecular weight is 490 g/mol. The van der Waals surface area contributed by atoms with Gasteiger partial charge in [-0.25, -0.2) is 4.79 Å². The number of amides is 1. The Morgan fingerprint density at radius 3 is 2.22 bits per heavy atom. The molecule has 4 saturated carbocycles. The van der Waals surface area contributed by atoms with Crippen molar-refractivity contribution in [1.29, 1.82) is 0 Å². The van der Waals surface area contributed by atoms with Crippen molar-refractivity contribution < 1.29 is 23.9 Å². The molecule has 2 aromatic carbocycles. The van der Waals surface area contributed by atoms with E-state index in [2.05, 4.69) is 17.4 Å². The minimum atomic E-state index is -0.558. The fourth-order valence-corrected chi connectivity index (χ4v) is 7.25. The lowest BCUT2D eigenvalue weighted by atomic mass is 9.44. The topological polar surface area (TPSA) is 81.7 Å². The van der Waals surface area contributed by atoms with E-state index in [0.717, 1.165) is 50.5 Å². The van der Waals surface area contributed by atoms with E-state index in [1.807, 2.05) is 18.2 Å². The number of rotatable bonds is 9. The SMILES string of the molecule is COC(=O)c1ccc(COC(=O)C23CC4CC(CC(C(=O)NCCCc5ccccc5)(C4)C2)C3)cc1. The number of hydrogen-bond acceptors (Lipinski definition) is 5. The fraction of sp³-hybridized carbons (Fsp3) is 0.500. The van der Waals surface area contributed by atoms with Crippen molar-refractivity contribution in [3.05, 3.63) is 71.3 Å². The van der Waals surface area contributed by atoms with E-state index in [4.69, 9.17) is 9.47 Å². The Morgan fingerprint density at radius 1 is 0.889 bits per heavy atom. The normalized spacial score (nSPS) is 27.9. The number of methoxy groups -OCH3 is 1. The van der Waals surface area contributed by atoms with Gasteiger partial charge in [-0.3, -0.25) is 9.59 Å². The Kier molecular flexibility index (Phi) is 6.87.